The van der Waals surface area contributed by atoms with Crippen molar-refractivity contribution in [3.8, 4) is 5.88 Å². The summed E-state index contributed by atoms with van der Waals surface area (Å²) in [5.41, 5.74) is 0.791. The van der Waals surface area contributed by atoms with Crippen molar-refractivity contribution >= 4 is 11.8 Å². The molecule has 1 amide bonds. The number of pyridine rings is 1. The molecule has 0 radical (unpaired) electrons. The fourth-order valence-electron chi connectivity index (χ4n) is 4.52. The van der Waals surface area contributed by atoms with Crippen LogP contribution in [0, 0.1) is 17.8 Å². The van der Waals surface area contributed by atoms with E-state index in [1.165, 1.54) is 18.5 Å². The van der Waals surface area contributed by atoms with E-state index in [4.69, 9.17) is 9.84 Å². The highest BCUT2D eigenvalue weighted by Gasteiger charge is 2.44. The summed E-state index contributed by atoms with van der Waals surface area (Å²) < 4.78 is 5.24. The van der Waals surface area contributed by atoms with E-state index in [0.29, 0.717) is 23.6 Å². The highest BCUT2D eigenvalue weighted by atomic mass is 16.5. The van der Waals surface area contributed by atoms with Gasteiger partial charge in [-0.2, -0.15) is 0 Å². The predicted octanol–water partition coefficient (Wildman–Crippen LogP) is 2.99. The Bertz CT molecular complexity index is 591. The number of ether oxygens (including phenoxy) is 1. The number of rotatable bonds is 5. The van der Waals surface area contributed by atoms with Crippen molar-refractivity contribution in [1.29, 1.82) is 0 Å². The number of carbonyl (C=O) groups is 1. The van der Waals surface area contributed by atoms with Crippen LogP contribution in [0.4, 0.5) is 10.5 Å². The summed E-state index contributed by atoms with van der Waals surface area (Å²) in [5, 5.41) is 11.7. The van der Waals surface area contributed by atoms with Gasteiger partial charge in [-0.05, 0) is 56.9 Å². The summed E-state index contributed by atoms with van der Waals surface area (Å²) in [6.07, 6.45) is 4.23. The highest BCUT2D eigenvalue weighted by molar-refractivity contribution is 5.65. The Hall–Kier alpha value is -1.98. The van der Waals surface area contributed by atoms with Crippen molar-refractivity contribution in [2.75, 3.05) is 25.1 Å². The predicted molar refractivity (Wildman–Crippen MR) is 92.6 cm³/mol. The molecular weight excluding hydrogens is 306 g/mol. The molecule has 1 saturated carbocycles. The Morgan fingerprint density at radius 2 is 2.08 bits per heavy atom. The second kappa shape index (κ2) is 6.49. The largest absolute Gasteiger partial charge is 0.481 e. The van der Waals surface area contributed by atoms with Crippen LogP contribution in [0.15, 0.2) is 18.3 Å². The first-order valence-electron chi connectivity index (χ1n) is 8.64. The lowest BCUT2D eigenvalue weighted by atomic mass is 9.77. The van der Waals surface area contributed by atoms with Crippen LogP contribution in [0.5, 0.6) is 5.88 Å². The molecule has 24 heavy (non-hydrogen) atoms. The first kappa shape index (κ1) is 16.9. The average molecular weight is 333 g/mol. The third kappa shape index (κ3) is 3.57. The maximum absolute atomic E-state index is 11.0. The van der Waals surface area contributed by atoms with Gasteiger partial charge in [0.1, 0.15) is 0 Å². The van der Waals surface area contributed by atoms with Gasteiger partial charge in [-0.3, -0.25) is 0 Å². The lowest BCUT2D eigenvalue weighted by Gasteiger charge is -2.42. The van der Waals surface area contributed by atoms with Crippen LogP contribution in [0.25, 0.3) is 0 Å². The van der Waals surface area contributed by atoms with Crippen molar-refractivity contribution in [3.05, 3.63) is 18.3 Å². The van der Waals surface area contributed by atoms with E-state index in [2.05, 4.69) is 15.2 Å². The van der Waals surface area contributed by atoms with Gasteiger partial charge in [-0.1, -0.05) is 0 Å². The fraction of sp³-hybridized carbons (Fsp3) is 0.667. The average Bonchev–Trinajstić information content (AvgIpc) is 2.74. The van der Waals surface area contributed by atoms with Gasteiger partial charge in [0, 0.05) is 36.6 Å². The van der Waals surface area contributed by atoms with Crippen LogP contribution in [-0.4, -0.2) is 41.9 Å². The van der Waals surface area contributed by atoms with Crippen LogP contribution in [0.3, 0.4) is 0 Å². The lowest BCUT2D eigenvalue weighted by Crippen LogP contribution is -2.49. The zero-order valence-corrected chi connectivity index (χ0v) is 14.7. The molecule has 132 valence electrons. The van der Waals surface area contributed by atoms with Crippen LogP contribution >= 0.6 is 0 Å². The van der Waals surface area contributed by atoms with Crippen LogP contribution < -0.4 is 15.0 Å². The molecule has 0 aromatic carbocycles. The molecule has 1 aromatic heterocycles. The monoisotopic (exact) mass is 333 g/mol. The molecule has 3 rings (SSSR count). The minimum Gasteiger partial charge on any atom is -0.481 e. The number of fused-ring (bicyclic) bond motifs is 2. The van der Waals surface area contributed by atoms with Crippen molar-refractivity contribution < 1.29 is 14.6 Å². The Balaban J connectivity index is 1.69. The number of carboxylic acid groups (broad SMARTS) is 1. The minimum atomic E-state index is -0.936. The summed E-state index contributed by atoms with van der Waals surface area (Å²) in [5.74, 6) is 2.48. The van der Waals surface area contributed by atoms with Crippen LogP contribution in [0.1, 0.15) is 33.1 Å². The van der Waals surface area contributed by atoms with Gasteiger partial charge in [-0.25, -0.2) is 9.78 Å². The molecule has 2 bridgehead atoms. The zero-order chi connectivity index (χ0) is 17.3. The van der Waals surface area contributed by atoms with Gasteiger partial charge in [-0.15, -0.1) is 0 Å². The lowest BCUT2D eigenvalue weighted by molar-refractivity contribution is 0.160. The fourth-order valence-corrected chi connectivity index (χ4v) is 4.52. The number of piperidine rings is 1. The van der Waals surface area contributed by atoms with E-state index < -0.39 is 6.09 Å². The summed E-state index contributed by atoms with van der Waals surface area (Å²) in [4.78, 5) is 17.6. The second-order valence-corrected chi connectivity index (χ2v) is 7.74. The topological polar surface area (TPSA) is 74.7 Å². The third-order valence-corrected chi connectivity index (χ3v) is 5.51. The first-order chi connectivity index (χ1) is 11.4. The molecule has 2 heterocycles. The Labute approximate surface area is 143 Å². The third-order valence-electron chi connectivity index (χ3n) is 5.51. The Morgan fingerprint density at radius 3 is 2.67 bits per heavy atom. The molecule has 1 unspecified atom stereocenters. The molecule has 0 spiro atoms. The molecule has 1 aliphatic heterocycles. The van der Waals surface area contributed by atoms with E-state index in [1.54, 1.807) is 13.3 Å². The molecule has 6 nitrogen and oxygen atoms in total. The summed E-state index contributed by atoms with van der Waals surface area (Å²) >= 11 is 0. The van der Waals surface area contributed by atoms with Crippen LogP contribution in [0.2, 0.25) is 0 Å². The van der Waals surface area contributed by atoms with Crippen LogP contribution in [-0.2, 0) is 0 Å². The maximum atomic E-state index is 11.0. The summed E-state index contributed by atoms with van der Waals surface area (Å²) in [6, 6.07) is 4.04. The summed E-state index contributed by atoms with van der Waals surface area (Å²) in [7, 11) is 1.64. The summed E-state index contributed by atoms with van der Waals surface area (Å²) in [6.45, 7) is 6.02. The molecule has 2 aliphatic rings. The SMILES string of the molecule is COc1cc(N2C[C@H]3CC[C@@H](C2)C3CC(C)(C)NC(=O)O)ccn1. The molecule has 1 aliphatic carbocycles. The van der Waals surface area contributed by atoms with Crippen molar-refractivity contribution in [1.82, 2.24) is 10.3 Å². The molecule has 2 N–H and O–H groups in total. The van der Waals surface area contributed by atoms with Crippen molar-refractivity contribution in [2.24, 2.45) is 17.8 Å². The van der Waals surface area contributed by atoms with Gasteiger partial charge >= 0.3 is 6.09 Å². The van der Waals surface area contributed by atoms with Gasteiger partial charge in [0.05, 0.1) is 7.11 Å². The standard InChI is InChI=1S/C18H27N3O3/c1-18(2,20-17(22)23)9-15-12-4-5-13(15)11-21(10-12)14-6-7-19-16(8-14)24-3/h6-8,12-13,15,20H,4-5,9-11H2,1-3H3,(H,22,23)/t12-,13+,15?. The van der Waals surface area contributed by atoms with E-state index >= 15 is 0 Å². The van der Waals surface area contributed by atoms with Crippen molar-refractivity contribution in [3.63, 3.8) is 0 Å². The van der Waals surface area contributed by atoms with Gasteiger partial charge in [0.2, 0.25) is 5.88 Å². The van der Waals surface area contributed by atoms with Gasteiger partial charge in [0.25, 0.3) is 0 Å². The maximum Gasteiger partial charge on any atom is 0.405 e. The number of nitrogens with one attached hydrogen (secondary N) is 1. The number of amides is 1. The molecular formula is C18H27N3O3. The first-order valence-corrected chi connectivity index (χ1v) is 8.64. The molecule has 3 atom stereocenters. The van der Waals surface area contributed by atoms with Gasteiger partial charge in [0.15, 0.2) is 0 Å². The van der Waals surface area contributed by atoms with E-state index in [1.807, 2.05) is 26.0 Å². The van der Waals surface area contributed by atoms with Crippen molar-refractivity contribution in [2.45, 2.75) is 38.6 Å². The number of nitrogens with zero attached hydrogens (tertiary/aromatic N) is 2. The number of methoxy groups -OCH3 is 1. The Kier molecular flexibility index (Phi) is 4.56. The zero-order valence-electron chi connectivity index (χ0n) is 14.7. The molecule has 1 saturated heterocycles. The Morgan fingerprint density at radius 1 is 1.42 bits per heavy atom. The minimum absolute atomic E-state index is 0.376. The number of hydrogen-bond donors (Lipinski definition) is 2. The molecule has 1 aromatic rings. The quantitative estimate of drug-likeness (QED) is 0.866. The van der Waals surface area contributed by atoms with E-state index in [9.17, 15) is 4.79 Å². The number of aromatic nitrogens is 1. The molecule has 6 heteroatoms. The second-order valence-electron chi connectivity index (χ2n) is 7.74. The smallest absolute Gasteiger partial charge is 0.405 e. The van der Waals surface area contributed by atoms with Gasteiger partial charge < -0.3 is 20.1 Å². The van der Waals surface area contributed by atoms with E-state index in [0.717, 1.165) is 19.5 Å². The molecule has 2 fully saturated rings. The number of anilines is 1. The van der Waals surface area contributed by atoms with E-state index in [-0.39, 0.29) is 5.54 Å². The number of hydrogen-bond acceptors (Lipinski definition) is 4. The highest BCUT2D eigenvalue weighted by Crippen LogP contribution is 2.46. The normalized spacial score (nSPS) is 26.3.